The monoisotopic (exact) mass is 352 g/mol. The number of pyridine rings is 1. The summed E-state index contributed by atoms with van der Waals surface area (Å²) < 4.78 is 0. The third-order valence-electron chi connectivity index (χ3n) is 4.60. The summed E-state index contributed by atoms with van der Waals surface area (Å²) in [6.45, 7) is 1.08. The summed E-state index contributed by atoms with van der Waals surface area (Å²) in [6, 6.07) is 29.9. The molecule has 0 N–H and O–H groups in total. The number of benzene rings is 3. The van der Waals surface area contributed by atoms with Gasteiger partial charge in [-0.25, -0.2) is 0 Å². The van der Waals surface area contributed by atoms with E-state index in [1.165, 1.54) is 0 Å². The molecule has 132 valence electrons. The average molecular weight is 352 g/mol. The van der Waals surface area contributed by atoms with Gasteiger partial charge in [-0.05, 0) is 22.6 Å². The van der Waals surface area contributed by atoms with Crippen LogP contribution in [0.25, 0.3) is 10.8 Å². The van der Waals surface area contributed by atoms with Gasteiger partial charge < -0.3 is 4.90 Å². The van der Waals surface area contributed by atoms with Gasteiger partial charge in [-0.15, -0.1) is 0 Å². The minimum Gasteiger partial charge on any atom is -0.329 e. The fourth-order valence-corrected chi connectivity index (χ4v) is 3.25. The van der Waals surface area contributed by atoms with E-state index in [0.717, 1.165) is 21.9 Å². The van der Waals surface area contributed by atoms with Crippen LogP contribution in [0.3, 0.4) is 0 Å². The molecule has 0 unspecified atom stereocenters. The molecule has 3 aromatic carbocycles. The van der Waals surface area contributed by atoms with Crippen molar-refractivity contribution in [2.45, 2.75) is 13.1 Å². The van der Waals surface area contributed by atoms with Gasteiger partial charge in [0, 0.05) is 24.7 Å². The number of aromatic nitrogens is 1. The normalized spacial score (nSPS) is 10.7. The summed E-state index contributed by atoms with van der Waals surface area (Å²) in [7, 11) is 0. The van der Waals surface area contributed by atoms with Crippen LogP contribution in [0.5, 0.6) is 0 Å². The second-order valence-corrected chi connectivity index (χ2v) is 6.51. The Morgan fingerprint density at radius 2 is 1.26 bits per heavy atom. The van der Waals surface area contributed by atoms with E-state index in [1.807, 2.05) is 95.9 Å². The highest BCUT2D eigenvalue weighted by Crippen LogP contribution is 2.20. The molecule has 0 spiro atoms. The van der Waals surface area contributed by atoms with E-state index >= 15 is 0 Å². The van der Waals surface area contributed by atoms with Crippen molar-refractivity contribution in [3.05, 3.63) is 114 Å². The van der Waals surface area contributed by atoms with E-state index in [-0.39, 0.29) is 5.91 Å². The Bertz CT molecular complexity index is 999. The summed E-state index contributed by atoms with van der Waals surface area (Å²) >= 11 is 0. The molecular weight excluding hydrogens is 332 g/mol. The number of carbonyl (C=O) groups is 1. The zero-order valence-electron chi connectivity index (χ0n) is 15.0. The molecule has 27 heavy (non-hydrogen) atoms. The Hall–Kier alpha value is -3.46. The van der Waals surface area contributed by atoms with Gasteiger partial charge in [0.15, 0.2) is 0 Å². The number of hydrogen-bond acceptors (Lipinski definition) is 2. The summed E-state index contributed by atoms with van der Waals surface area (Å²) in [6.07, 6.45) is 1.71. The van der Waals surface area contributed by atoms with Crippen LogP contribution in [0.4, 0.5) is 0 Å². The molecule has 4 rings (SSSR count). The predicted octanol–water partition coefficient (Wildman–Crippen LogP) is 5.08. The Balaban J connectivity index is 1.71. The quantitative estimate of drug-likeness (QED) is 0.502. The number of fused-ring (bicyclic) bond motifs is 1. The first-order valence-electron chi connectivity index (χ1n) is 9.02. The fraction of sp³-hybridized carbons (Fsp3) is 0.0833. The van der Waals surface area contributed by atoms with E-state index in [0.29, 0.717) is 18.8 Å². The van der Waals surface area contributed by atoms with Crippen LogP contribution in [0.1, 0.15) is 21.6 Å². The first kappa shape index (κ1) is 17.0. The van der Waals surface area contributed by atoms with E-state index in [4.69, 9.17) is 0 Å². The molecule has 1 heterocycles. The van der Waals surface area contributed by atoms with Crippen molar-refractivity contribution in [1.82, 2.24) is 9.88 Å². The van der Waals surface area contributed by atoms with Gasteiger partial charge in [0.1, 0.15) is 5.69 Å². The van der Waals surface area contributed by atoms with Crippen LogP contribution in [0, 0.1) is 0 Å². The van der Waals surface area contributed by atoms with Crippen molar-refractivity contribution in [3.8, 4) is 0 Å². The van der Waals surface area contributed by atoms with Gasteiger partial charge in [-0.3, -0.25) is 9.78 Å². The van der Waals surface area contributed by atoms with Crippen LogP contribution < -0.4 is 0 Å². The largest absolute Gasteiger partial charge is 0.329 e. The molecule has 0 saturated carbocycles. The number of rotatable bonds is 5. The summed E-state index contributed by atoms with van der Waals surface area (Å²) in [5.74, 6) is -0.0560. The Labute approximate surface area is 158 Å². The van der Waals surface area contributed by atoms with Crippen LogP contribution >= 0.6 is 0 Å². The fourth-order valence-electron chi connectivity index (χ4n) is 3.25. The highest BCUT2D eigenvalue weighted by Gasteiger charge is 2.20. The minimum atomic E-state index is -0.0560. The second kappa shape index (κ2) is 7.83. The van der Waals surface area contributed by atoms with Crippen LogP contribution in [0.2, 0.25) is 0 Å². The molecule has 0 fully saturated rings. The lowest BCUT2D eigenvalue weighted by atomic mass is 10.1. The van der Waals surface area contributed by atoms with Crippen LogP contribution in [0.15, 0.2) is 97.2 Å². The Morgan fingerprint density at radius 1 is 0.704 bits per heavy atom. The average Bonchev–Trinajstić information content (AvgIpc) is 2.74. The maximum Gasteiger partial charge on any atom is 0.273 e. The molecule has 1 aromatic heterocycles. The SMILES string of the molecule is O=C(c1nccc2ccccc12)N(Cc1ccccc1)Cc1ccccc1. The third kappa shape index (κ3) is 3.87. The van der Waals surface area contributed by atoms with E-state index < -0.39 is 0 Å². The lowest BCUT2D eigenvalue weighted by molar-refractivity contribution is 0.0726. The molecule has 0 atom stereocenters. The molecule has 3 nitrogen and oxygen atoms in total. The third-order valence-corrected chi connectivity index (χ3v) is 4.60. The zero-order valence-corrected chi connectivity index (χ0v) is 15.0. The Kier molecular flexibility index (Phi) is 4.93. The maximum absolute atomic E-state index is 13.4. The molecule has 0 saturated heterocycles. The zero-order chi connectivity index (χ0) is 18.5. The summed E-state index contributed by atoms with van der Waals surface area (Å²) in [5.41, 5.74) is 2.70. The smallest absolute Gasteiger partial charge is 0.273 e. The molecule has 1 amide bonds. The van der Waals surface area contributed by atoms with Crippen molar-refractivity contribution in [1.29, 1.82) is 0 Å². The standard InChI is InChI=1S/C24H20N2O/c27-24(23-22-14-8-7-13-21(22)15-16-25-23)26(17-19-9-3-1-4-10-19)18-20-11-5-2-6-12-20/h1-16H,17-18H2. The van der Waals surface area contributed by atoms with Crippen molar-refractivity contribution in [3.63, 3.8) is 0 Å². The number of amides is 1. The van der Waals surface area contributed by atoms with Gasteiger partial charge in [0.25, 0.3) is 5.91 Å². The predicted molar refractivity (Wildman–Crippen MR) is 108 cm³/mol. The highest BCUT2D eigenvalue weighted by molar-refractivity contribution is 6.05. The lowest BCUT2D eigenvalue weighted by Gasteiger charge is -2.23. The van der Waals surface area contributed by atoms with E-state index in [9.17, 15) is 4.79 Å². The highest BCUT2D eigenvalue weighted by atomic mass is 16.2. The first-order chi connectivity index (χ1) is 13.3. The van der Waals surface area contributed by atoms with Crippen molar-refractivity contribution in [2.75, 3.05) is 0 Å². The number of carbonyl (C=O) groups excluding carboxylic acids is 1. The topological polar surface area (TPSA) is 33.2 Å². The number of nitrogens with zero attached hydrogens (tertiary/aromatic N) is 2. The molecule has 0 aliphatic carbocycles. The molecule has 4 aromatic rings. The molecular formula is C24H20N2O. The van der Waals surface area contributed by atoms with Crippen LogP contribution in [-0.4, -0.2) is 15.8 Å². The van der Waals surface area contributed by atoms with E-state index in [1.54, 1.807) is 6.20 Å². The van der Waals surface area contributed by atoms with Gasteiger partial charge in [0.05, 0.1) is 0 Å². The molecule has 0 radical (unpaired) electrons. The van der Waals surface area contributed by atoms with Crippen LogP contribution in [-0.2, 0) is 13.1 Å². The van der Waals surface area contributed by atoms with Crippen molar-refractivity contribution >= 4 is 16.7 Å². The van der Waals surface area contributed by atoms with Gasteiger partial charge in [-0.2, -0.15) is 0 Å². The minimum absolute atomic E-state index is 0.0560. The van der Waals surface area contributed by atoms with Gasteiger partial charge in [0.2, 0.25) is 0 Å². The molecule has 0 bridgehead atoms. The second-order valence-electron chi connectivity index (χ2n) is 6.51. The summed E-state index contributed by atoms with van der Waals surface area (Å²) in [5, 5.41) is 1.91. The van der Waals surface area contributed by atoms with Gasteiger partial charge in [-0.1, -0.05) is 84.9 Å². The summed E-state index contributed by atoms with van der Waals surface area (Å²) in [4.78, 5) is 19.7. The Morgan fingerprint density at radius 3 is 1.89 bits per heavy atom. The molecule has 3 heteroatoms. The van der Waals surface area contributed by atoms with Crippen molar-refractivity contribution < 1.29 is 4.79 Å². The number of hydrogen-bond donors (Lipinski definition) is 0. The lowest BCUT2D eigenvalue weighted by Crippen LogP contribution is -2.31. The van der Waals surface area contributed by atoms with Crippen molar-refractivity contribution in [2.24, 2.45) is 0 Å². The molecule has 0 aliphatic heterocycles. The molecule has 0 aliphatic rings. The first-order valence-corrected chi connectivity index (χ1v) is 9.02. The van der Waals surface area contributed by atoms with Gasteiger partial charge >= 0.3 is 0 Å². The maximum atomic E-state index is 13.4. The van der Waals surface area contributed by atoms with E-state index in [2.05, 4.69) is 4.98 Å².